The fourth-order valence-electron chi connectivity index (χ4n) is 2.84. The van der Waals surface area contributed by atoms with E-state index in [1.807, 2.05) is 36.4 Å². The molecule has 2 aromatic rings. The molecule has 1 atom stereocenters. The molecule has 0 spiro atoms. The van der Waals surface area contributed by atoms with Crippen molar-refractivity contribution in [2.75, 3.05) is 18.5 Å². The van der Waals surface area contributed by atoms with Crippen molar-refractivity contribution in [2.45, 2.75) is 25.5 Å². The van der Waals surface area contributed by atoms with Crippen molar-refractivity contribution in [3.8, 4) is 0 Å². The molecule has 0 radical (unpaired) electrons. The first-order chi connectivity index (χ1) is 12.5. The van der Waals surface area contributed by atoms with Gasteiger partial charge >= 0.3 is 0 Å². The molecule has 26 heavy (non-hydrogen) atoms. The Kier molecular flexibility index (Phi) is 7.01. The number of hydrogen-bond acceptors (Lipinski definition) is 2. The smallest absolute Gasteiger partial charge is 0.173 e. The molecule has 2 aromatic carbocycles. The summed E-state index contributed by atoms with van der Waals surface area (Å²) in [5.74, 6) is 0. The first kappa shape index (κ1) is 19.7. The van der Waals surface area contributed by atoms with Gasteiger partial charge in [-0.05, 0) is 67.0 Å². The number of ether oxygens (including phenoxy) is 1. The van der Waals surface area contributed by atoms with Gasteiger partial charge in [0.05, 0.1) is 6.10 Å². The van der Waals surface area contributed by atoms with Crippen molar-refractivity contribution in [1.29, 1.82) is 0 Å². The van der Waals surface area contributed by atoms with Crippen LogP contribution in [0, 0.1) is 0 Å². The summed E-state index contributed by atoms with van der Waals surface area (Å²) in [5.41, 5.74) is 1.85. The fourth-order valence-corrected chi connectivity index (χ4v) is 3.70. The molecule has 0 aliphatic carbocycles. The van der Waals surface area contributed by atoms with E-state index in [9.17, 15) is 0 Å². The average Bonchev–Trinajstić information content (AvgIpc) is 3.11. The maximum Gasteiger partial charge on any atom is 0.173 e. The van der Waals surface area contributed by atoms with E-state index >= 15 is 0 Å². The molecule has 3 rings (SSSR count). The van der Waals surface area contributed by atoms with E-state index in [0.29, 0.717) is 33.3 Å². The van der Waals surface area contributed by atoms with Crippen LogP contribution in [0.25, 0.3) is 0 Å². The number of anilines is 1. The summed E-state index contributed by atoms with van der Waals surface area (Å²) >= 11 is 24.0. The van der Waals surface area contributed by atoms with Gasteiger partial charge in [-0.2, -0.15) is 0 Å². The summed E-state index contributed by atoms with van der Waals surface area (Å²) in [6, 6.07) is 13.0. The number of hydrogen-bond donors (Lipinski definition) is 1. The fraction of sp³-hybridized carbons (Fsp3) is 0.316. The quantitative estimate of drug-likeness (QED) is 0.587. The summed E-state index contributed by atoms with van der Waals surface area (Å²) in [5, 5.41) is 5.82. The zero-order valence-electron chi connectivity index (χ0n) is 14.1. The van der Waals surface area contributed by atoms with Crippen LogP contribution in [-0.4, -0.2) is 29.3 Å². The molecule has 1 heterocycles. The number of nitrogens with one attached hydrogen (secondary N) is 1. The number of rotatable bonds is 5. The van der Waals surface area contributed by atoms with Gasteiger partial charge in [0, 0.05) is 40.5 Å². The van der Waals surface area contributed by atoms with Gasteiger partial charge < -0.3 is 15.0 Å². The molecule has 7 heteroatoms. The molecule has 1 aliphatic rings. The Hall–Kier alpha value is -1.04. The summed E-state index contributed by atoms with van der Waals surface area (Å²) in [7, 11) is 0. The lowest BCUT2D eigenvalue weighted by Gasteiger charge is -2.28. The van der Waals surface area contributed by atoms with Crippen molar-refractivity contribution < 1.29 is 4.74 Å². The maximum atomic E-state index is 6.35. The van der Waals surface area contributed by atoms with Gasteiger partial charge in [-0.3, -0.25) is 0 Å². The van der Waals surface area contributed by atoms with Crippen LogP contribution in [0.4, 0.5) is 5.69 Å². The minimum absolute atomic E-state index is 0.172. The van der Waals surface area contributed by atoms with Crippen LogP contribution < -0.4 is 5.32 Å². The van der Waals surface area contributed by atoms with Crippen LogP contribution in [0.1, 0.15) is 18.4 Å². The van der Waals surface area contributed by atoms with Crippen LogP contribution >= 0.6 is 47.0 Å². The summed E-state index contributed by atoms with van der Waals surface area (Å²) in [4.78, 5) is 2.08. The van der Waals surface area contributed by atoms with Crippen LogP contribution in [0.15, 0.2) is 42.5 Å². The van der Waals surface area contributed by atoms with Gasteiger partial charge in [0.15, 0.2) is 5.11 Å². The van der Waals surface area contributed by atoms with Gasteiger partial charge in [-0.1, -0.05) is 40.9 Å². The first-order valence-electron chi connectivity index (χ1n) is 8.38. The average molecular weight is 430 g/mol. The van der Waals surface area contributed by atoms with Crippen LogP contribution in [-0.2, 0) is 11.3 Å². The molecule has 0 amide bonds. The number of halogens is 3. The molecule has 1 N–H and O–H groups in total. The lowest BCUT2D eigenvalue weighted by molar-refractivity contribution is 0.0905. The highest BCUT2D eigenvalue weighted by atomic mass is 35.5. The Bertz CT molecular complexity index is 764. The molecule has 0 aromatic heterocycles. The largest absolute Gasteiger partial charge is 0.376 e. The molecular formula is C19H19Cl3N2OS. The predicted molar refractivity (Wildman–Crippen MR) is 114 cm³/mol. The van der Waals surface area contributed by atoms with Gasteiger partial charge in [-0.25, -0.2) is 0 Å². The Morgan fingerprint density at radius 2 is 1.85 bits per heavy atom. The third-order valence-corrected chi connectivity index (χ3v) is 5.41. The second-order valence-corrected chi connectivity index (χ2v) is 7.86. The summed E-state index contributed by atoms with van der Waals surface area (Å²) < 4.78 is 5.79. The number of benzene rings is 2. The van der Waals surface area contributed by atoms with Crippen molar-refractivity contribution in [2.24, 2.45) is 0 Å². The monoisotopic (exact) mass is 428 g/mol. The number of nitrogens with zero attached hydrogens (tertiary/aromatic N) is 1. The van der Waals surface area contributed by atoms with E-state index in [0.717, 1.165) is 30.7 Å². The lowest BCUT2D eigenvalue weighted by atomic mass is 10.2. The van der Waals surface area contributed by atoms with E-state index in [-0.39, 0.29) is 6.10 Å². The highest BCUT2D eigenvalue weighted by Gasteiger charge is 2.22. The lowest BCUT2D eigenvalue weighted by Crippen LogP contribution is -2.39. The maximum absolute atomic E-state index is 6.35. The molecule has 3 nitrogen and oxygen atoms in total. The van der Waals surface area contributed by atoms with Crippen molar-refractivity contribution >= 4 is 57.8 Å². The van der Waals surface area contributed by atoms with Crippen molar-refractivity contribution in [3.63, 3.8) is 0 Å². The van der Waals surface area contributed by atoms with E-state index < -0.39 is 0 Å². The van der Waals surface area contributed by atoms with E-state index in [4.69, 9.17) is 51.8 Å². The molecule has 1 aliphatic heterocycles. The zero-order valence-corrected chi connectivity index (χ0v) is 17.1. The molecule has 138 valence electrons. The minimum atomic E-state index is 0.172. The van der Waals surface area contributed by atoms with Gasteiger partial charge in [0.25, 0.3) is 0 Å². The Morgan fingerprint density at radius 1 is 1.12 bits per heavy atom. The summed E-state index contributed by atoms with van der Waals surface area (Å²) in [6.45, 7) is 2.09. The standard InChI is InChI=1S/C19H19Cl3N2OS/c20-14-5-7-16(8-6-14)23-19(26)24(12-17-2-1-9-25-17)11-13-3-4-15(21)10-18(13)22/h3-8,10,17H,1-2,9,11-12H2,(H,23,26). The molecule has 1 fully saturated rings. The third kappa shape index (κ3) is 5.48. The zero-order chi connectivity index (χ0) is 18.5. The Labute approximate surface area is 174 Å². The number of thiocarbonyl (C=S) groups is 1. The second-order valence-electron chi connectivity index (χ2n) is 6.19. The SMILES string of the molecule is S=C(Nc1ccc(Cl)cc1)N(Cc1ccc(Cl)cc1Cl)CC1CCCO1. The van der Waals surface area contributed by atoms with Crippen LogP contribution in [0.5, 0.6) is 0 Å². The molecule has 0 bridgehead atoms. The Balaban J connectivity index is 1.74. The van der Waals surface area contributed by atoms with E-state index in [1.54, 1.807) is 6.07 Å². The second kappa shape index (κ2) is 9.25. The van der Waals surface area contributed by atoms with Gasteiger partial charge in [0.1, 0.15) is 0 Å². The van der Waals surface area contributed by atoms with Crippen LogP contribution in [0.2, 0.25) is 15.1 Å². The van der Waals surface area contributed by atoms with Crippen molar-refractivity contribution in [3.05, 3.63) is 63.1 Å². The van der Waals surface area contributed by atoms with Crippen molar-refractivity contribution in [1.82, 2.24) is 4.90 Å². The topological polar surface area (TPSA) is 24.5 Å². The van der Waals surface area contributed by atoms with E-state index in [2.05, 4.69) is 10.2 Å². The molecule has 1 saturated heterocycles. The molecular weight excluding hydrogens is 411 g/mol. The van der Waals surface area contributed by atoms with Gasteiger partial charge in [-0.15, -0.1) is 0 Å². The highest BCUT2D eigenvalue weighted by molar-refractivity contribution is 7.80. The normalized spacial score (nSPS) is 16.5. The molecule has 1 unspecified atom stereocenters. The highest BCUT2D eigenvalue weighted by Crippen LogP contribution is 2.24. The molecule has 0 saturated carbocycles. The van der Waals surface area contributed by atoms with E-state index in [1.165, 1.54) is 0 Å². The predicted octanol–water partition coefficient (Wildman–Crippen LogP) is 6.02. The minimum Gasteiger partial charge on any atom is -0.376 e. The first-order valence-corrected chi connectivity index (χ1v) is 9.92. The summed E-state index contributed by atoms with van der Waals surface area (Å²) in [6.07, 6.45) is 2.29. The Morgan fingerprint density at radius 3 is 2.50 bits per heavy atom. The van der Waals surface area contributed by atoms with Crippen LogP contribution in [0.3, 0.4) is 0 Å². The van der Waals surface area contributed by atoms with Gasteiger partial charge in [0.2, 0.25) is 0 Å². The third-order valence-electron chi connectivity index (χ3n) is 4.21.